The Morgan fingerprint density at radius 2 is 1.85 bits per heavy atom. The fraction of sp³-hybridized carbons (Fsp3) is 0.0909. The molecule has 0 spiro atoms. The van der Waals surface area contributed by atoms with Crippen LogP contribution in [0.15, 0.2) is 72.8 Å². The third-order valence-electron chi connectivity index (χ3n) is 4.27. The molecule has 0 aliphatic carbocycles. The lowest BCUT2D eigenvalue weighted by atomic mass is 10.1. The molecule has 0 unspecified atom stereocenters. The van der Waals surface area contributed by atoms with Crippen molar-refractivity contribution in [3.8, 4) is 16.3 Å². The van der Waals surface area contributed by atoms with Gasteiger partial charge in [0.05, 0.1) is 23.9 Å². The largest absolute Gasteiger partial charge is 0.497 e. The number of para-hydroxylation sites is 1. The number of benzene rings is 3. The number of ketones is 1. The first-order valence-corrected chi connectivity index (χ1v) is 9.42. The second-order valence-corrected chi connectivity index (χ2v) is 7.10. The molecule has 0 saturated carbocycles. The molecule has 0 radical (unpaired) electrons. The molecule has 1 heterocycles. The molecule has 5 heteroatoms. The van der Waals surface area contributed by atoms with Crippen LogP contribution in [0.5, 0.6) is 5.75 Å². The number of fused-ring (bicyclic) bond motifs is 1. The summed E-state index contributed by atoms with van der Waals surface area (Å²) in [5.41, 5.74) is 3.60. The molecule has 27 heavy (non-hydrogen) atoms. The number of rotatable bonds is 6. The fourth-order valence-corrected chi connectivity index (χ4v) is 3.78. The van der Waals surface area contributed by atoms with Crippen molar-refractivity contribution in [3.63, 3.8) is 0 Å². The second-order valence-electron chi connectivity index (χ2n) is 6.07. The minimum Gasteiger partial charge on any atom is -0.497 e. The molecule has 0 saturated heterocycles. The van der Waals surface area contributed by atoms with Crippen LogP contribution in [0.4, 0.5) is 5.69 Å². The van der Waals surface area contributed by atoms with Gasteiger partial charge in [-0.05, 0) is 48.5 Å². The number of aromatic nitrogens is 1. The Labute approximate surface area is 161 Å². The van der Waals surface area contributed by atoms with Gasteiger partial charge in [-0.3, -0.25) is 4.79 Å². The number of hydrogen-bond acceptors (Lipinski definition) is 5. The maximum absolute atomic E-state index is 12.4. The number of thiazole rings is 1. The van der Waals surface area contributed by atoms with E-state index in [1.165, 1.54) is 4.70 Å². The van der Waals surface area contributed by atoms with Crippen molar-refractivity contribution in [3.05, 3.63) is 78.4 Å². The van der Waals surface area contributed by atoms with E-state index in [4.69, 9.17) is 9.72 Å². The molecule has 4 aromatic rings. The number of ether oxygens (including phenoxy) is 1. The van der Waals surface area contributed by atoms with E-state index in [1.54, 1.807) is 42.7 Å². The summed E-state index contributed by atoms with van der Waals surface area (Å²) in [4.78, 5) is 17.1. The van der Waals surface area contributed by atoms with Gasteiger partial charge in [0.1, 0.15) is 10.8 Å². The van der Waals surface area contributed by atoms with E-state index >= 15 is 0 Å². The van der Waals surface area contributed by atoms with Crippen molar-refractivity contribution in [1.29, 1.82) is 0 Å². The molecule has 0 aliphatic rings. The second kappa shape index (κ2) is 7.60. The number of nitrogens with one attached hydrogen (secondary N) is 1. The summed E-state index contributed by atoms with van der Waals surface area (Å²) in [5, 5.41) is 4.18. The predicted molar refractivity (Wildman–Crippen MR) is 111 cm³/mol. The Balaban J connectivity index is 1.48. The minimum absolute atomic E-state index is 0.0306. The Hall–Kier alpha value is -3.18. The average molecular weight is 374 g/mol. The Bertz CT molecular complexity index is 1050. The first-order chi connectivity index (χ1) is 13.2. The zero-order valence-corrected chi connectivity index (χ0v) is 15.6. The summed E-state index contributed by atoms with van der Waals surface area (Å²) in [7, 11) is 1.61. The minimum atomic E-state index is 0.0306. The van der Waals surface area contributed by atoms with E-state index in [9.17, 15) is 4.79 Å². The van der Waals surface area contributed by atoms with Gasteiger partial charge in [-0.25, -0.2) is 4.98 Å². The van der Waals surface area contributed by atoms with Crippen LogP contribution in [0, 0.1) is 0 Å². The molecule has 0 bridgehead atoms. The maximum atomic E-state index is 12.4. The van der Waals surface area contributed by atoms with Crippen LogP contribution in [-0.4, -0.2) is 24.4 Å². The highest BCUT2D eigenvalue weighted by Crippen LogP contribution is 2.31. The summed E-state index contributed by atoms with van der Waals surface area (Å²) in [6.45, 7) is 0.232. The molecule has 0 fully saturated rings. The molecular weight excluding hydrogens is 356 g/mol. The lowest BCUT2D eigenvalue weighted by Gasteiger charge is -2.08. The van der Waals surface area contributed by atoms with Gasteiger partial charge < -0.3 is 10.1 Å². The van der Waals surface area contributed by atoms with Crippen LogP contribution in [0.2, 0.25) is 0 Å². The number of carbonyl (C=O) groups excluding carboxylic acids is 1. The summed E-state index contributed by atoms with van der Waals surface area (Å²) in [6, 6.07) is 23.2. The summed E-state index contributed by atoms with van der Waals surface area (Å²) in [6.07, 6.45) is 0. The first kappa shape index (κ1) is 17.2. The maximum Gasteiger partial charge on any atom is 0.181 e. The van der Waals surface area contributed by atoms with E-state index in [2.05, 4.69) is 11.4 Å². The molecule has 0 aliphatic heterocycles. The number of Topliss-reactive ketones (excluding diaryl/α,β-unsaturated/α-hetero) is 1. The van der Waals surface area contributed by atoms with Crippen LogP contribution in [-0.2, 0) is 0 Å². The van der Waals surface area contributed by atoms with Gasteiger partial charge >= 0.3 is 0 Å². The predicted octanol–water partition coefficient (Wildman–Crippen LogP) is 5.27. The molecule has 3 aromatic carbocycles. The molecule has 0 amide bonds. The number of methoxy groups -OCH3 is 1. The van der Waals surface area contributed by atoms with Gasteiger partial charge in [0.25, 0.3) is 0 Å². The smallest absolute Gasteiger partial charge is 0.181 e. The van der Waals surface area contributed by atoms with Gasteiger partial charge in [-0.2, -0.15) is 0 Å². The SMILES string of the molecule is COc1ccc(C(=O)CNc2cccc(-c3nc4ccccc4s3)c2)cc1. The highest BCUT2D eigenvalue weighted by atomic mass is 32.1. The van der Waals surface area contributed by atoms with E-state index < -0.39 is 0 Å². The highest BCUT2D eigenvalue weighted by molar-refractivity contribution is 7.21. The molecule has 4 nitrogen and oxygen atoms in total. The van der Waals surface area contributed by atoms with Crippen LogP contribution in [0.1, 0.15) is 10.4 Å². The number of nitrogens with zero attached hydrogens (tertiary/aromatic N) is 1. The monoisotopic (exact) mass is 374 g/mol. The topological polar surface area (TPSA) is 51.2 Å². The van der Waals surface area contributed by atoms with Gasteiger partial charge in [-0.15, -0.1) is 11.3 Å². The fourth-order valence-electron chi connectivity index (χ4n) is 2.82. The Kier molecular flexibility index (Phi) is 4.85. The summed E-state index contributed by atoms with van der Waals surface area (Å²) < 4.78 is 6.29. The van der Waals surface area contributed by atoms with E-state index in [1.807, 2.05) is 42.5 Å². The molecule has 4 rings (SSSR count). The van der Waals surface area contributed by atoms with Crippen molar-refractivity contribution >= 4 is 33.0 Å². The van der Waals surface area contributed by atoms with E-state index in [0.29, 0.717) is 5.56 Å². The standard InChI is InChI=1S/C22H18N2O2S/c1-26-18-11-9-15(10-12-18)20(25)14-23-17-6-4-5-16(13-17)22-24-19-7-2-3-8-21(19)27-22/h2-13,23H,14H2,1H3. The third-order valence-corrected chi connectivity index (χ3v) is 5.35. The molecule has 1 N–H and O–H groups in total. The van der Waals surface area contributed by atoms with Gasteiger partial charge in [0.15, 0.2) is 5.78 Å². The van der Waals surface area contributed by atoms with Crippen LogP contribution >= 0.6 is 11.3 Å². The number of carbonyl (C=O) groups is 1. The van der Waals surface area contributed by atoms with Crippen LogP contribution < -0.4 is 10.1 Å². The Morgan fingerprint density at radius 3 is 2.63 bits per heavy atom. The molecular formula is C22H18N2O2S. The van der Waals surface area contributed by atoms with Crippen molar-refractivity contribution in [2.45, 2.75) is 0 Å². The van der Waals surface area contributed by atoms with Crippen molar-refractivity contribution < 1.29 is 9.53 Å². The number of hydrogen-bond donors (Lipinski definition) is 1. The van der Waals surface area contributed by atoms with Gasteiger partial charge in [-0.1, -0.05) is 24.3 Å². The first-order valence-electron chi connectivity index (χ1n) is 8.60. The molecule has 1 aromatic heterocycles. The van der Waals surface area contributed by atoms with Crippen molar-refractivity contribution in [2.75, 3.05) is 19.0 Å². The zero-order valence-electron chi connectivity index (χ0n) is 14.8. The zero-order chi connectivity index (χ0) is 18.6. The van der Waals surface area contributed by atoms with Gasteiger partial charge in [0.2, 0.25) is 0 Å². The van der Waals surface area contributed by atoms with Crippen LogP contribution in [0.25, 0.3) is 20.8 Å². The van der Waals surface area contributed by atoms with Gasteiger partial charge in [0, 0.05) is 16.8 Å². The highest BCUT2D eigenvalue weighted by Gasteiger charge is 2.08. The van der Waals surface area contributed by atoms with Crippen molar-refractivity contribution in [1.82, 2.24) is 4.98 Å². The third kappa shape index (κ3) is 3.83. The van der Waals surface area contributed by atoms with Crippen LogP contribution in [0.3, 0.4) is 0 Å². The summed E-state index contributed by atoms with van der Waals surface area (Å²) >= 11 is 1.67. The van der Waals surface area contributed by atoms with E-state index in [0.717, 1.165) is 27.5 Å². The average Bonchev–Trinajstić information content (AvgIpc) is 3.17. The number of anilines is 1. The molecule has 134 valence electrons. The normalized spacial score (nSPS) is 10.7. The molecule has 0 atom stereocenters. The quantitative estimate of drug-likeness (QED) is 0.467. The Morgan fingerprint density at radius 1 is 1.04 bits per heavy atom. The summed E-state index contributed by atoms with van der Waals surface area (Å²) in [5.74, 6) is 0.770. The lowest BCUT2D eigenvalue weighted by molar-refractivity contribution is 0.101. The van der Waals surface area contributed by atoms with E-state index in [-0.39, 0.29) is 12.3 Å². The van der Waals surface area contributed by atoms with Crippen molar-refractivity contribution in [2.24, 2.45) is 0 Å². The lowest BCUT2D eigenvalue weighted by Crippen LogP contribution is -2.13.